The molecule has 3 rings (SSSR count). The van der Waals surface area contributed by atoms with Crippen molar-refractivity contribution in [3.63, 3.8) is 0 Å². The van der Waals surface area contributed by atoms with Crippen molar-refractivity contribution in [2.75, 3.05) is 13.1 Å². The summed E-state index contributed by atoms with van der Waals surface area (Å²) in [6.45, 7) is 4.31. The lowest BCUT2D eigenvalue weighted by atomic mass is 9.98. The molecule has 4 heteroatoms. The Morgan fingerprint density at radius 2 is 1.87 bits per heavy atom. The zero-order valence-electron chi connectivity index (χ0n) is 13.5. The van der Waals surface area contributed by atoms with Crippen LogP contribution in [0.3, 0.4) is 0 Å². The van der Waals surface area contributed by atoms with Gasteiger partial charge in [-0.25, -0.2) is 0 Å². The first-order valence-electron chi connectivity index (χ1n) is 8.22. The van der Waals surface area contributed by atoms with Gasteiger partial charge in [-0.1, -0.05) is 43.7 Å². The first kappa shape index (κ1) is 18.2. The van der Waals surface area contributed by atoms with Crippen molar-refractivity contribution >= 4 is 29.5 Å². The van der Waals surface area contributed by atoms with E-state index in [1.54, 1.807) is 11.3 Å². The van der Waals surface area contributed by atoms with Gasteiger partial charge in [-0.2, -0.15) is 0 Å². The Balaban J connectivity index is 0.00000192. The van der Waals surface area contributed by atoms with Crippen LogP contribution in [-0.2, 0) is 0 Å². The fourth-order valence-corrected chi connectivity index (χ4v) is 3.97. The molecule has 0 radical (unpaired) electrons. The van der Waals surface area contributed by atoms with Crippen molar-refractivity contribution < 1.29 is 4.79 Å². The van der Waals surface area contributed by atoms with Gasteiger partial charge in [0.2, 0.25) is 0 Å². The highest BCUT2D eigenvalue weighted by atomic mass is 35.5. The molecule has 23 heavy (non-hydrogen) atoms. The van der Waals surface area contributed by atoms with Crippen LogP contribution in [0.4, 0.5) is 0 Å². The summed E-state index contributed by atoms with van der Waals surface area (Å²) in [4.78, 5) is 16.5. The van der Waals surface area contributed by atoms with Crippen LogP contribution in [0.1, 0.15) is 43.0 Å². The molecule has 1 saturated heterocycles. The predicted molar refractivity (Wildman–Crippen MR) is 101 cm³/mol. The maximum absolute atomic E-state index is 12.9. The zero-order chi connectivity index (χ0) is 15.4. The van der Waals surface area contributed by atoms with Crippen molar-refractivity contribution in [3.8, 4) is 10.4 Å². The molecule has 2 heterocycles. The van der Waals surface area contributed by atoms with E-state index >= 15 is 0 Å². The Morgan fingerprint density at radius 3 is 2.43 bits per heavy atom. The van der Waals surface area contributed by atoms with Gasteiger partial charge >= 0.3 is 0 Å². The fourth-order valence-electron chi connectivity index (χ4n) is 3.24. The molecule has 1 aromatic heterocycles. The number of likely N-dealkylation sites (tertiary alicyclic amines) is 1. The van der Waals surface area contributed by atoms with Gasteiger partial charge in [0.15, 0.2) is 5.78 Å². The van der Waals surface area contributed by atoms with Crippen molar-refractivity contribution in [2.45, 2.75) is 38.6 Å². The van der Waals surface area contributed by atoms with Crippen molar-refractivity contribution in [1.82, 2.24) is 4.90 Å². The number of hydrogen-bond donors (Lipinski definition) is 0. The number of benzene rings is 1. The second kappa shape index (κ2) is 8.62. The molecule has 1 aliphatic heterocycles. The Hall–Kier alpha value is -1.16. The minimum Gasteiger partial charge on any atom is -0.293 e. The molecule has 0 saturated carbocycles. The molecule has 0 aliphatic carbocycles. The van der Waals surface area contributed by atoms with E-state index in [1.807, 2.05) is 12.1 Å². The van der Waals surface area contributed by atoms with Gasteiger partial charge in [0.25, 0.3) is 0 Å². The lowest BCUT2D eigenvalue weighted by Crippen LogP contribution is -2.39. The number of halogens is 1. The normalized spacial score (nSPS) is 16.0. The maximum Gasteiger partial charge on any atom is 0.179 e. The summed E-state index contributed by atoms with van der Waals surface area (Å²) in [6, 6.07) is 12.4. The molecule has 1 atom stereocenters. The topological polar surface area (TPSA) is 20.3 Å². The highest BCUT2D eigenvalue weighted by Gasteiger charge is 2.27. The lowest BCUT2D eigenvalue weighted by Gasteiger charge is -2.26. The summed E-state index contributed by atoms with van der Waals surface area (Å²) in [7, 11) is 0. The standard InChI is InChI=1S/C19H23NOS.ClH/c1-2-6-17(20-12-3-4-13-20)19(21)16-10-8-15(9-11-16)18-7-5-14-22-18;/h5,7-11,14,17H,2-4,6,12-13H2,1H3;1H. The number of nitrogens with zero attached hydrogens (tertiary/aromatic N) is 1. The summed E-state index contributed by atoms with van der Waals surface area (Å²) in [5.41, 5.74) is 2.05. The number of Topliss-reactive ketones (excluding diaryl/α,β-unsaturated/α-hetero) is 1. The third-order valence-corrected chi connectivity index (χ3v) is 5.34. The van der Waals surface area contributed by atoms with Crippen LogP contribution in [0, 0.1) is 0 Å². The molecule has 0 amide bonds. The van der Waals surface area contributed by atoms with Crippen molar-refractivity contribution in [1.29, 1.82) is 0 Å². The van der Waals surface area contributed by atoms with Crippen LogP contribution in [-0.4, -0.2) is 29.8 Å². The Labute approximate surface area is 148 Å². The van der Waals surface area contributed by atoms with Gasteiger partial charge in [0, 0.05) is 10.4 Å². The molecule has 1 fully saturated rings. The van der Waals surface area contributed by atoms with E-state index in [0.29, 0.717) is 5.78 Å². The van der Waals surface area contributed by atoms with Crippen LogP contribution in [0.15, 0.2) is 41.8 Å². The van der Waals surface area contributed by atoms with Crippen LogP contribution >= 0.6 is 23.7 Å². The highest BCUT2D eigenvalue weighted by molar-refractivity contribution is 7.13. The zero-order valence-corrected chi connectivity index (χ0v) is 15.2. The third kappa shape index (κ3) is 4.23. The molecule has 124 valence electrons. The molecule has 1 aromatic carbocycles. The quantitative estimate of drug-likeness (QED) is 0.661. The van der Waals surface area contributed by atoms with Gasteiger partial charge < -0.3 is 0 Å². The SMILES string of the molecule is CCCC(C(=O)c1ccc(-c2cccs2)cc1)N1CCCC1.Cl. The fraction of sp³-hybridized carbons (Fsp3) is 0.421. The van der Waals surface area contributed by atoms with Crippen LogP contribution in [0.2, 0.25) is 0 Å². The Kier molecular flexibility index (Phi) is 6.82. The van der Waals surface area contributed by atoms with E-state index in [9.17, 15) is 4.79 Å². The minimum atomic E-state index is 0. The molecule has 0 N–H and O–H groups in total. The summed E-state index contributed by atoms with van der Waals surface area (Å²) in [5, 5.41) is 2.08. The summed E-state index contributed by atoms with van der Waals surface area (Å²) < 4.78 is 0. The van der Waals surface area contributed by atoms with E-state index in [0.717, 1.165) is 31.5 Å². The second-order valence-electron chi connectivity index (χ2n) is 5.97. The van der Waals surface area contributed by atoms with Crippen molar-refractivity contribution in [2.24, 2.45) is 0 Å². The molecule has 1 unspecified atom stereocenters. The summed E-state index contributed by atoms with van der Waals surface area (Å²) >= 11 is 1.73. The summed E-state index contributed by atoms with van der Waals surface area (Å²) in [5.74, 6) is 0.293. The molecular formula is C19H24ClNOS. The van der Waals surface area contributed by atoms with Crippen LogP contribution in [0.5, 0.6) is 0 Å². The van der Waals surface area contributed by atoms with E-state index < -0.39 is 0 Å². The second-order valence-corrected chi connectivity index (χ2v) is 6.91. The Morgan fingerprint density at radius 1 is 1.17 bits per heavy atom. The van der Waals surface area contributed by atoms with E-state index in [4.69, 9.17) is 0 Å². The number of carbonyl (C=O) groups excluding carboxylic acids is 1. The molecule has 1 aliphatic rings. The van der Waals surface area contributed by atoms with Gasteiger partial charge in [-0.3, -0.25) is 9.69 Å². The van der Waals surface area contributed by atoms with Crippen LogP contribution in [0.25, 0.3) is 10.4 Å². The van der Waals surface area contributed by atoms with Gasteiger partial charge in [-0.05, 0) is 49.4 Å². The smallest absolute Gasteiger partial charge is 0.179 e. The van der Waals surface area contributed by atoms with Crippen molar-refractivity contribution in [3.05, 3.63) is 47.3 Å². The third-order valence-electron chi connectivity index (χ3n) is 4.42. The van der Waals surface area contributed by atoms with E-state index in [1.165, 1.54) is 23.3 Å². The largest absolute Gasteiger partial charge is 0.293 e. The lowest BCUT2D eigenvalue weighted by molar-refractivity contribution is 0.0837. The first-order chi connectivity index (χ1) is 10.8. The Bertz CT molecular complexity index is 603. The van der Waals surface area contributed by atoms with E-state index in [2.05, 4.69) is 41.5 Å². The first-order valence-corrected chi connectivity index (χ1v) is 9.09. The number of thiophene rings is 1. The van der Waals surface area contributed by atoms with Gasteiger partial charge in [0.1, 0.15) is 0 Å². The number of rotatable bonds is 6. The average molecular weight is 350 g/mol. The van der Waals surface area contributed by atoms with Gasteiger partial charge in [-0.15, -0.1) is 23.7 Å². The monoisotopic (exact) mass is 349 g/mol. The summed E-state index contributed by atoms with van der Waals surface area (Å²) in [6.07, 6.45) is 4.47. The number of ketones is 1. The molecule has 0 spiro atoms. The molecule has 2 nitrogen and oxygen atoms in total. The maximum atomic E-state index is 12.9. The average Bonchev–Trinajstić information content (AvgIpc) is 3.25. The number of hydrogen-bond acceptors (Lipinski definition) is 3. The molecular weight excluding hydrogens is 326 g/mol. The predicted octanol–water partition coefficient (Wildman–Crippen LogP) is 5.28. The van der Waals surface area contributed by atoms with Crippen LogP contribution < -0.4 is 0 Å². The molecule has 0 bridgehead atoms. The van der Waals surface area contributed by atoms with Gasteiger partial charge in [0.05, 0.1) is 6.04 Å². The van der Waals surface area contributed by atoms with E-state index in [-0.39, 0.29) is 18.4 Å². The minimum absolute atomic E-state index is 0. The molecule has 2 aromatic rings. The highest BCUT2D eigenvalue weighted by Crippen LogP contribution is 2.26. The number of carbonyl (C=O) groups is 1.